The number of allylic oxidation sites excluding steroid dienone is 1. The van der Waals surface area contributed by atoms with Crippen LogP contribution in [0, 0.1) is 0 Å². The summed E-state index contributed by atoms with van der Waals surface area (Å²) >= 11 is 0. The molecule has 6 rings (SSSR count). The molecule has 6 aliphatic rings. The monoisotopic (exact) mass is 1650 g/mol. The number of carbonyl (C=O) groups excluding carboxylic acids is 2. The van der Waals surface area contributed by atoms with E-state index in [1.165, 1.54) is 116 Å². The molecule has 33 atom stereocenters. The lowest BCUT2D eigenvalue weighted by molar-refractivity contribution is -0.399. The summed E-state index contributed by atoms with van der Waals surface area (Å²) < 4.78 is 71.9. The van der Waals surface area contributed by atoms with E-state index in [1.807, 2.05) is 6.08 Å². The van der Waals surface area contributed by atoms with Gasteiger partial charge >= 0.3 is 5.97 Å². The van der Waals surface area contributed by atoms with Gasteiger partial charge in [0.25, 0.3) is 5.79 Å². The average Bonchev–Trinajstić information content (AvgIpc) is 0.754. The predicted molar refractivity (Wildman–Crippen MR) is 400 cm³/mol. The van der Waals surface area contributed by atoms with Gasteiger partial charge in [0.05, 0.1) is 70.0 Å². The minimum atomic E-state index is -3.19. The number of aliphatic hydroxyl groups excluding tert-OH is 18. The summed E-state index contributed by atoms with van der Waals surface area (Å²) in [6.07, 6.45) is -25.2. The van der Waals surface area contributed by atoms with E-state index in [9.17, 15) is 111 Å². The molecule has 0 aromatic heterocycles. The quantitative estimate of drug-likeness (QED) is 0.0224. The van der Waals surface area contributed by atoms with Gasteiger partial charge in [-0.25, -0.2) is 4.79 Å². The first-order chi connectivity index (χ1) is 54.6. The van der Waals surface area contributed by atoms with Crippen molar-refractivity contribution in [3.63, 3.8) is 0 Å². The minimum Gasteiger partial charge on any atom is -0.477 e. The summed E-state index contributed by atoms with van der Waals surface area (Å²) in [5.41, 5.74) is 6.04. The highest BCUT2D eigenvalue weighted by molar-refractivity contribution is 5.76. The van der Waals surface area contributed by atoms with Crippen molar-refractivity contribution in [2.75, 3.05) is 39.6 Å². The van der Waals surface area contributed by atoms with Gasteiger partial charge in [-0.2, -0.15) is 0 Å². The molecule has 0 spiro atoms. The van der Waals surface area contributed by atoms with Gasteiger partial charge in [0.2, 0.25) is 11.8 Å². The van der Waals surface area contributed by atoms with Crippen LogP contribution in [0.5, 0.6) is 0 Å². The molecule has 0 aromatic rings. The Kier molecular flexibility index (Phi) is 45.2. The molecule has 6 aliphatic heterocycles. The standard InChI is InChI=1S/C77H139N3O34/c1-5-7-9-11-13-15-17-19-20-22-24-26-28-30-32-34-52(90)80-44(45(87)33-31-29-27-25-23-21-18-16-14-12-10-8-6-2)41-103-72-62(98)60(96)65(50(39-84)108-72)109-74-63(99)69(57(93)48(37-82)105-74)112-71-54(79-43(4)86)68(111-73-61(97)59(95)55(91)42(3)104-73)66(51(40-85)107-71)110-75-64(100)70(58(94)49(38-83)106-75)114-77(76(101)102)35-46(88)53(78)67(113-77)56(92)47(89)36-81/h31,33,42,44-51,53-75,81-85,87-89,91-100H,5-30,32,34-41,78H2,1-4H3,(H,79,86)(H,80,90)(H,101,102)/b33-31+/t42-,44-,45+,46-,47+,48+,49+,50+,51+,53+,54+,55+,56+,57-,58-,59+,60+,61-,62+,63+,64+,65+,66+,67-,68+,69-,70-,71-,72+,73-,74-,75-,77-/m0/s1. The van der Waals surface area contributed by atoms with E-state index in [4.69, 9.17) is 62.6 Å². The fourth-order valence-corrected chi connectivity index (χ4v) is 15.4. The molecule has 0 unspecified atom stereocenters. The Bertz CT molecular complexity index is 2690. The molecular weight excluding hydrogens is 1510 g/mol. The molecule has 6 fully saturated rings. The van der Waals surface area contributed by atoms with Gasteiger partial charge in [0.1, 0.15) is 134 Å². The van der Waals surface area contributed by atoms with Crippen molar-refractivity contribution in [2.45, 2.75) is 416 Å². The molecule has 114 heavy (non-hydrogen) atoms. The van der Waals surface area contributed by atoms with E-state index in [0.29, 0.717) is 12.8 Å². The molecule has 6 heterocycles. The zero-order valence-corrected chi connectivity index (χ0v) is 66.6. The van der Waals surface area contributed by atoms with Crippen LogP contribution in [-0.2, 0) is 71.2 Å². The zero-order valence-electron chi connectivity index (χ0n) is 66.6. The normalized spacial score (nSPS) is 37.4. The summed E-state index contributed by atoms with van der Waals surface area (Å²) in [6.45, 7) is 0.657. The number of nitrogens with two attached hydrogens (primary N) is 1. The van der Waals surface area contributed by atoms with Gasteiger partial charge in [-0.05, 0) is 26.2 Å². The van der Waals surface area contributed by atoms with Crippen LogP contribution in [0.1, 0.15) is 214 Å². The maximum atomic E-state index is 13.6. The Balaban J connectivity index is 1.18. The Labute approximate surface area is 667 Å². The summed E-state index contributed by atoms with van der Waals surface area (Å²) in [6, 6.07) is -4.72. The Morgan fingerprint density at radius 2 is 0.939 bits per heavy atom. The molecule has 0 aliphatic carbocycles. The number of carboxylic acid groups (broad SMARTS) is 1. The SMILES string of the molecule is CCCCCCCCCCCCC/C=C/[C@@H](O)[C@H](CO[C@@H]1O[C@H](CO)[C@@H](O[C@@H]2O[C@H](CO)[C@H](O)[C@H](O[C@@H]3O[C@H](CO)[C@@H](O[C@@H]4O[C@H](CO)[C@H](O)[C@H](O[C@]5(C(=O)O)C[C@H](O)[C@@H](N)[C@@H]([C@H](O)[C@H](O)CO)O5)[C@H]4O)[C@H](O[C@@H]4O[C@@H](C)[C@@H](O)[C@@H](O)[C@@H]4O)[C@H]3NC(C)=O)[C@H]2O)[C@H](O)[C@H]1O)NC(=O)CCCCCCCCCCCCCCCCC. The number of amides is 2. The average molecular weight is 1650 g/mol. The number of unbranched alkanes of at least 4 members (excludes halogenated alkanes) is 25. The lowest BCUT2D eigenvalue weighted by Gasteiger charge is -2.52. The zero-order chi connectivity index (χ0) is 83.8. The van der Waals surface area contributed by atoms with E-state index >= 15 is 0 Å². The highest BCUT2D eigenvalue weighted by atomic mass is 16.8. The van der Waals surface area contributed by atoms with Crippen LogP contribution in [-0.4, -0.2) is 356 Å². The fraction of sp³-hybridized carbons (Fsp3) is 0.935. The third-order valence-electron chi connectivity index (χ3n) is 22.3. The molecular formula is C77H139N3O34. The van der Waals surface area contributed by atoms with E-state index in [-0.39, 0.29) is 12.3 Å². The number of hydrogen-bond donors (Lipinski definition) is 22. The Morgan fingerprint density at radius 3 is 1.45 bits per heavy atom. The van der Waals surface area contributed by atoms with Crippen LogP contribution in [0.15, 0.2) is 12.2 Å². The molecule has 0 saturated carbocycles. The second-order valence-electron chi connectivity index (χ2n) is 31.4. The predicted octanol–water partition coefficient (Wildman–Crippen LogP) is -2.37. The highest BCUT2D eigenvalue weighted by Gasteiger charge is 2.62. The number of hydrogen-bond acceptors (Lipinski definition) is 34. The minimum absolute atomic E-state index is 0.156. The third kappa shape index (κ3) is 29.1. The van der Waals surface area contributed by atoms with E-state index in [2.05, 4.69) is 24.5 Å². The first kappa shape index (κ1) is 99.7. The molecule has 0 bridgehead atoms. The fourth-order valence-electron chi connectivity index (χ4n) is 15.4. The molecule has 2 amide bonds. The molecule has 37 nitrogen and oxygen atoms in total. The number of carboxylic acids is 1. The smallest absolute Gasteiger partial charge is 0.364 e. The summed E-state index contributed by atoms with van der Waals surface area (Å²) in [4.78, 5) is 40.2. The molecule has 6 saturated heterocycles. The van der Waals surface area contributed by atoms with Crippen LogP contribution in [0.2, 0.25) is 0 Å². The first-order valence-corrected chi connectivity index (χ1v) is 41.5. The van der Waals surface area contributed by atoms with Crippen molar-refractivity contribution < 1.29 is 168 Å². The summed E-state index contributed by atoms with van der Waals surface area (Å²) in [5.74, 6) is -6.57. The van der Waals surface area contributed by atoms with Gasteiger partial charge in [0.15, 0.2) is 31.5 Å². The highest BCUT2D eigenvalue weighted by Crippen LogP contribution is 2.41. The molecule has 666 valence electrons. The number of carbonyl (C=O) groups is 3. The van der Waals surface area contributed by atoms with E-state index in [0.717, 1.165) is 58.3 Å². The van der Waals surface area contributed by atoms with Gasteiger partial charge < -0.3 is 170 Å². The van der Waals surface area contributed by atoms with Crippen molar-refractivity contribution in [3.8, 4) is 0 Å². The number of aliphatic carboxylic acids is 1. The van der Waals surface area contributed by atoms with Gasteiger partial charge in [-0.3, -0.25) is 9.59 Å². The lowest BCUT2D eigenvalue weighted by Crippen LogP contribution is -2.72. The molecule has 23 N–H and O–H groups in total. The second kappa shape index (κ2) is 51.6. The second-order valence-corrected chi connectivity index (χ2v) is 31.4. The van der Waals surface area contributed by atoms with Crippen molar-refractivity contribution >= 4 is 17.8 Å². The van der Waals surface area contributed by atoms with Crippen LogP contribution >= 0.6 is 0 Å². The van der Waals surface area contributed by atoms with Gasteiger partial charge in [-0.1, -0.05) is 180 Å². The van der Waals surface area contributed by atoms with Crippen molar-refractivity contribution in [1.29, 1.82) is 0 Å². The van der Waals surface area contributed by atoms with Crippen LogP contribution in [0.3, 0.4) is 0 Å². The van der Waals surface area contributed by atoms with Crippen LogP contribution < -0.4 is 16.4 Å². The molecule has 0 radical (unpaired) electrons. The van der Waals surface area contributed by atoms with Gasteiger partial charge in [0, 0.05) is 19.8 Å². The molecule has 0 aromatic carbocycles. The number of rotatable bonds is 53. The van der Waals surface area contributed by atoms with Crippen molar-refractivity contribution in [3.05, 3.63) is 12.2 Å². The molecule has 37 heteroatoms. The largest absolute Gasteiger partial charge is 0.477 e. The van der Waals surface area contributed by atoms with Crippen molar-refractivity contribution in [1.82, 2.24) is 10.6 Å². The third-order valence-corrected chi connectivity index (χ3v) is 22.3. The maximum Gasteiger partial charge on any atom is 0.364 e. The van der Waals surface area contributed by atoms with E-state index < -0.39 is 260 Å². The summed E-state index contributed by atoms with van der Waals surface area (Å²) in [5, 5.41) is 217. The topological polar surface area (TPSA) is 596 Å². The first-order valence-electron chi connectivity index (χ1n) is 41.5. The number of nitrogens with one attached hydrogen (secondary N) is 2. The van der Waals surface area contributed by atoms with E-state index in [1.54, 1.807) is 6.08 Å². The Hall–Kier alpha value is -3.09. The number of ether oxygens (including phenoxy) is 12. The Morgan fingerprint density at radius 1 is 0.500 bits per heavy atom. The number of aliphatic hydroxyl groups is 18. The summed E-state index contributed by atoms with van der Waals surface area (Å²) in [7, 11) is 0. The van der Waals surface area contributed by atoms with Crippen LogP contribution in [0.4, 0.5) is 0 Å². The van der Waals surface area contributed by atoms with Crippen molar-refractivity contribution in [2.24, 2.45) is 5.73 Å². The lowest BCUT2D eigenvalue weighted by atomic mass is 9.88. The van der Waals surface area contributed by atoms with Crippen LogP contribution in [0.25, 0.3) is 0 Å². The maximum absolute atomic E-state index is 13.6. The van der Waals surface area contributed by atoms with Gasteiger partial charge in [-0.15, -0.1) is 0 Å².